The molecule has 2 aromatic rings. The Morgan fingerprint density at radius 1 is 0.941 bits per heavy atom. The van der Waals surface area contributed by atoms with Crippen molar-refractivity contribution >= 4 is 5.78 Å². The topological polar surface area (TPSA) is 26.3 Å². The third kappa shape index (κ3) is 2.94. The Bertz CT molecular complexity index is 486. The maximum absolute atomic E-state index is 11.4. The molecular weight excluding hydrogens is 212 g/mol. The Morgan fingerprint density at radius 2 is 1.53 bits per heavy atom. The first-order valence-corrected chi connectivity index (χ1v) is 5.66. The fourth-order valence-corrected chi connectivity index (χ4v) is 1.54. The third-order valence-electron chi connectivity index (χ3n) is 2.48. The summed E-state index contributed by atoms with van der Waals surface area (Å²) in [6, 6.07) is 16.8. The number of carbonyl (C=O) groups excluding carboxylic acids is 1. The molecule has 2 nitrogen and oxygen atoms in total. The predicted octanol–water partition coefficient (Wildman–Crippen LogP) is 4.07. The molecule has 0 fully saturated rings. The van der Waals surface area contributed by atoms with E-state index in [1.54, 1.807) is 12.1 Å². The van der Waals surface area contributed by atoms with Crippen LogP contribution in [0.3, 0.4) is 0 Å². The quantitative estimate of drug-likeness (QED) is 0.734. The van der Waals surface area contributed by atoms with E-state index in [4.69, 9.17) is 4.74 Å². The molecule has 2 heteroatoms. The number of hydrogen-bond acceptors (Lipinski definition) is 2. The zero-order valence-corrected chi connectivity index (χ0v) is 9.72. The highest BCUT2D eigenvalue weighted by molar-refractivity contribution is 5.95. The number of hydrogen-bond donors (Lipinski definition) is 0. The van der Waals surface area contributed by atoms with Gasteiger partial charge in [-0.15, -0.1) is 0 Å². The minimum atomic E-state index is 0.149. The van der Waals surface area contributed by atoms with Gasteiger partial charge >= 0.3 is 0 Å². The van der Waals surface area contributed by atoms with Gasteiger partial charge in [0.15, 0.2) is 5.78 Å². The number of Topliss-reactive ketones (excluding diaryl/α,β-unsaturated/α-hetero) is 1. The summed E-state index contributed by atoms with van der Waals surface area (Å²) in [7, 11) is 0. The molecule has 0 saturated carbocycles. The molecule has 0 aliphatic heterocycles. The summed E-state index contributed by atoms with van der Waals surface area (Å²) >= 11 is 0. The molecule has 0 saturated heterocycles. The van der Waals surface area contributed by atoms with Gasteiger partial charge in [-0.25, -0.2) is 0 Å². The smallest absolute Gasteiger partial charge is 0.162 e. The molecule has 0 heterocycles. The van der Waals surface area contributed by atoms with Crippen LogP contribution in [0.5, 0.6) is 11.5 Å². The average Bonchev–Trinajstić information content (AvgIpc) is 2.40. The largest absolute Gasteiger partial charge is 0.457 e. The van der Waals surface area contributed by atoms with Crippen LogP contribution in [0, 0.1) is 0 Å². The number of ketones is 1. The molecule has 86 valence electrons. The molecule has 0 spiro atoms. The van der Waals surface area contributed by atoms with Gasteiger partial charge in [0.2, 0.25) is 0 Å². The Hall–Kier alpha value is -2.09. The van der Waals surface area contributed by atoms with Crippen molar-refractivity contribution in [3.8, 4) is 11.5 Å². The highest BCUT2D eigenvalue weighted by Crippen LogP contribution is 2.21. The molecule has 2 rings (SSSR count). The summed E-state index contributed by atoms with van der Waals surface area (Å²) in [5, 5.41) is 0. The molecule has 2 aromatic carbocycles. The van der Waals surface area contributed by atoms with E-state index in [2.05, 4.69) is 0 Å². The first kappa shape index (κ1) is 11.4. The molecule has 0 radical (unpaired) electrons. The fraction of sp³-hybridized carbons (Fsp3) is 0.133. The maximum atomic E-state index is 11.4. The van der Waals surface area contributed by atoms with Gasteiger partial charge in [-0.05, 0) is 36.4 Å². The van der Waals surface area contributed by atoms with Crippen LogP contribution in [0.25, 0.3) is 0 Å². The van der Waals surface area contributed by atoms with Crippen LogP contribution in [0.15, 0.2) is 54.6 Å². The summed E-state index contributed by atoms with van der Waals surface area (Å²) in [5.41, 5.74) is 0.730. The van der Waals surface area contributed by atoms with Crippen molar-refractivity contribution in [3.05, 3.63) is 60.2 Å². The molecule has 0 bridgehead atoms. The van der Waals surface area contributed by atoms with E-state index in [-0.39, 0.29) is 5.78 Å². The number of carbonyl (C=O) groups is 1. The average molecular weight is 226 g/mol. The third-order valence-corrected chi connectivity index (χ3v) is 2.48. The lowest BCUT2D eigenvalue weighted by Gasteiger charge is -2.05. The van der Waals surface area contributed by atoms with Crippen molar-refractivity contribution in [1.82, 2.24) is 0 Å². The normalized spacial score (nSPS) is 9.94. The minimum Gasteiger partial charge on any atom is -0.457 e. The first-order chi connectivity index (χ1) is 8.29. The van der Waals surface area contributed by atoms with Crippen molar-refractivity contribution in [1.29, 1.82) is 0 Å². The van der Waals surface area contributed by atoms with Gasteiger partial charge in [0.1, 0.15) is 11.5 Å². The van der Waals surface area contributed by atoms with Crippen LogP contribution in [-0.4, -0.2) is 5.78 Å². The molecule has 0 amide bonds. The minimum absolute atomic E-state index is 0.149. The van der Waals surface area contributed by atoms with Crippen molar-refractivity contribution in [3.63, 3.8) is 0 Å². The number of rotatable bonds is 4. The zero-order chi connectivity index (χ0) is 12.1. The Labute approximate surface area is 101 Å². The number of ether oxygens (including phenoxy) is 1. The fourth-order valence-electron chi connectivity index (χ4n) is 1.54. The lowest BCUT2D eigenvalue weighted by molar-refractivity contribution is 0.0988. The van der Waals surface area contributed by atoms with E-state index < -0.39 is 0 Å². The van der Waals surface area contributed by atoms with Crippen LogP contribution in [0.4, 0.5) is 0 Å². The van der Waals surface area contributed by atoms with Gasteiger partial charge in [-0.2, -0.15) is 0 Å². The second-order valence-corrected chi connectivity index (χ2v) is 3.72. The summed E-state index contributed by atoms with van der Waals surface area (Å²) in [6.45, 7) is 1.86. The van der Waals surface area contributed by atoms with E-state index in [0.29, 0.717) is 6.42 Å². The van der Waals surface area contributed by atoms with Crippen molar-refractivity contribution < 1.29 is 9.53 Å². The Morgan fingerprint density at radius 3 is 2.12 bits per heavy atom. The van der Waals surface area contributed by atoms with E-state index in [9.17, 15) is 4.79 Å². The van der Waals surface area contributed by atoms with Crippen LogP contribution in [0.1, 0.15) is 23.7 Å². The number of para-hydroxylation sites is 1. The van der Waals surface area contributed by atoms with Gasteiger partial charge in [0.25, 0.3) is 0 Å². The highest BCUT2D eigenvalue weighted by atomic mass is 16.5. The summed E-state index contributed by atoms with van der Waals surface area (Å²) in [5.74, 6) is 1.68. The SMILES string of the molecule is CCC(=O)c1ccc(Oc2ccccc2)cc1. The zero-order valence-electron chi connectivity index (χ0n) is 9.72. The van der Waals surface area contributed by atoms with E-state index in [1.165, 1.54) is 0 Å². The highest BCUT2D eigenvalue weighted by Gasteiger charge is 2.03. The monoisotopic (exact) mass is 226 g/mol. The Balaban J connectivity index is 2.11. The van der Waals surface area contributed by atoms with Crippen LogP contribution < -0.4 is 4.74 Å². The standard InChI is InChI=1S/C15H14O2/c1-2-15(16)12-8-10-14(11-9-12)17-13-6-4-3-5-7-13/h3-11H,2H2,1H3. The molecule has 0 unspecified atom stereocenters. The van der Waals surface area contributed by atoms with E-state index in [1.807, 2.05) is 49.4 Å². The lowest BCUT2D eigenvalue weighted by atomic mass is 10.1. The van der Waals surface area contributed by atoms with E-state index >= 15 is 0 Å². The van der Waals surface area contributed by atoms with Gasteiger partial charge in [-0.3, -0.25) is 4.79 Å². The van der Waals surface area contributed by atoms with E-state index in [0.717, 1.165) is 17.1 Å². The number of benzene rings is 2. The summed E-state index contributed by atoms with van der Waals surface area (Å²) < 4.78 is 5.64. The van der Waals surface area contributed by atoms with Crippen molar-refractivity contribution in [2.24, 2.45) is 0 Å². The molecule has 0 N–H and O–H groups in total. The summed E-state index contributed by atoms with van der Waals surface area (Å²) in [4.78, 5) is 11.4. The van der Waals surface area contributed by atoms with Gasteiger partial charge in [0, 0.05) is 12.0 Å². The van der Waals surface area contributed by atoms with Crippen LogP contribution in [0.2, 0.25) is 0 Å². The Kier molecular flexibility index (Phi) is 3.55. The maximum Gasteiger partial charge on any atom is 0.162 e. The molecule has 0 atom stereocenters. The van der Waals surface area contributed by atoms with Crippen LogP contribution >= 0.6 is 0 Å². The predicted molar refractivity (Wildman–Crippen MR) is 67.6 cm³/mol. The molecule has 0 aromatic heterocycles. The summed E-state index contributed by atoms with van der Waals surface area (Å²) in [6.07, 6.45) is 0.527. The van der Waals surface area contributed by atoms with Gasteiger partial charge in [-0.1, -0.05) is 25.1 Å². The first-order valence-electron chi connectivity index (χ1n) is 5.66. The van der Waals surface area contributed by atoms with Crippen LogP contribution in [-0.2, 0) is 0 Å². The van der Waals surface area contributed by atoms with Gasteiger partial charge in [0.05, 0.1) is 0 Å². The van der Waals surface area contributed by atoms with Gasteiger partial charge < -0.3 is 4.74 Å². The van der Waals surface area contributed by atoms with Crippen molar-refractivity contribution in [2.45, 2.75) is 13.3 Å². The molecule has 0 aliphatic carbocycles. The molecule has 0 aliphatic rings. The van der Waals surface area contributed by atoms with Crippen molar-refractivity contribution in [2.75, 3.05) is 0 Å². The second-order valence-electron chi connectivity index (χ2n) is 3.72. The lowest BCUT2D eigenvalue weighted by Crippen LogP contribution is -1.95. The second kappa shape index (κ2) is 5.30. The molecule has 17 heavy (non-hydrogen) atoms. The molecular formula is C15H14O2.